The van der Waals surface area contributed by atoms with E-state index in [1.165, 1.54) is 16.8 Å². The van der Waals surface area contributed by atoms with Crippen molar-refractivity contribution in [3.63, 3.8) is 0 Å². The number of aryl methyl sites for hydroxylation is 1. The van der Waals surface area contributed by atoms with Gasteiger partial charge in [-0.15, -0.1) is 0 Å². The third kappa shape index (κ3) is 2.84. The van der Waals surface area contributed by atoms with E-state index in [4.69, 9.17) is 0 Å². The van der Waals surface area contributed by atoms with Gasteiger partial charge in [-0.05, 0) is 36.5 Å². The van der Waals surface area contributed by atoms with Crippen LogP contribution in [-0.2, 0) is 11.3 Å². The van der Waals surface area contributed by atoms with Gasteiger partial charge in [0.05, 0.1) is 0 Å². The Balaban J connectivity index is 2.02. The fourth-order valence-electron chi connectivity index (χ4n) is 2.24. The number of nitrogens with one attached hydrogen (secondary N) is 1. The molecule has 0 aromatic heterocycles. The molecule has 2 rings (SSSR count). The van der Waals surface area contributed by atoms with E-state index < -0.39 is 0 Å². The minimum absolute atomic E-state index is 0.202. The highest BCUT2D eigenvalue weighted by molar-refractivity contribution is 5.81. The molecule has 98 valence electrons. The summed E-state index contributed by atoms with van der Waals surface area (Å²) >= 11 is 0. The average Bonchev–Trinajstić information content (AvgIpc) is 3.04. The van der Waals surface area contributed by atoms with E-state index in [-0.39, 0.29) is 11.8 Å². The summed E-state index contributed by atoms with van der Waals surface area (Å²) in [4.78, 5) is 13.9. The van der Waals surface area contributed by atoms with Crippen LogP contribution in [0.5, 0.6) is 0 Å². The van der Waals surface area contributed by atoms with Crippen molar-refractivity contribution < 1.29 is 4.79 Å². The third-order valence-corrected chi connectivity index (χ3v) is 3.62. The van der Waals surface area contributed by atoms with Gasteiger partial charge in [0.15, 0.2) is 0 Å². The van der Waals surface area contributed by atoms with Gasteiger partial charge < -0.3 is 10.2 Å². The summed E-state index contributed by atoms with van der Waals surface area (Å²) in [6, 6.07) is 6.34. The Labute approximate surface area is 109 Å². The van der Waals surface area contributed by atoms with E-state index >= 15 is 0 Å². The van der Waals surface area contributed by atoms with Gasteiger partial charge in [0, 0.05) is 32.2 Å². The smallest absolute Gasteiger partial charge is 0.223 e. The number of carbonyl (C=O) groups excluding carboxylic acids is 1. The van der Waals surface area contributed by atoms with Gasteiger partial charge in [-0.25, -0.2) is 0 Å². The van der Waals surface area contributed by atoms with Crippen LogP contribution < -0.4 is 10.2 Å². The van der Waals surface area contributed by atoms with E-state index in [0.717, 1.165) is 6.42 Å². The largest absolute Gasteiger partial charge is 0.377 e. The lowest BCUT2D eigenvalue weighted by atomic mass is 10.1. The van der Waals surface area contributed by atoms with Crippen molar-refractivity contribution in [2.45, 2.75) is 26.8 Å². The highest BCUT2D eigenvalue weighted by Gasteiger charge is 2.38. The lowest BCUT2D eigenvalue weighted by Crippen LogP contribution is -2.26. The first-order chi connectivity index (χ1) is 8.49. The lowest BCUT2D eigenvalue weighted by Gasteiger charge is -2.18. The van der Waals surface area contributed by atoms with Crippen LogP contribution >= 0.6 is 0 Å². The number of rotatable bonds is 4. The molecule has 0 saturated heterocycles. The first-order valence-corrected chi connectivity index (χ1v) is 6.53. The molecule has 1 aliphatic carbocycles. The fraction of sp³-hybridized carbons (Fsp3) is 0.533. The van der Waals surface area contributed by atoms with Crippen LogP contribution in [0.4, 0.5) is 5.69 Å². The predicted molar refractivity (Wildman–Crippen MR) is 74.6 cm³/mol. The summed E-state index contributed by atoms with van der Waals surface area (Å²) in [7, 11) is 4.06. The zero-order chi connectivity index (χ0) is 13.3. The molecule has 1 saturated carbocycles. The van der Waals surface area contributed by atoms with Crippen molar-refractivity contribution in [1.82, 2.24) is 5.32 Å². The molecule has 18 heavy (non-hydrogen) atoms. The molecule has 1 aromatic rings. The molecule has 0 bridgehead atoms. The summed E-state index contributed by atoms with van der Waals surface area (Å²) in [5.41, 5.74) is 3.59. The number of benzene rings is 1. The number of carbonyl (C=O) groups is 1. The zero-order valence-electron chi connectivity index (χ0n) is 11.7. The average molecular weight is 246 g/mol. The van der Waals surface area contributed by atoms with Gasteiger partial charge >= 0.3 is 0 Å². The van der Waals surface area contributed by atoms with Crippen molar-refractivity contribution in [2.24, 2.45) is 11.8 Å². The molecule has 1 aromatic carbocycles. The molecular formula is C15H22N2O. The Hall–Kier alpha value is -1.51. The summed E-state index contributed by atoms with van der Waals surface area (Å²) in [5.74, 6) is 1.02. The van der Waals surface area contributed by atoms with Crippen LogP contribution in [0.3, 0.4) is 0 Å². The van der Waals surface area contributed by atoms with Gasteiger partial charge in [-0.2, -0.15) is 0 Å². The molecule has 0 heterocycles. The van der Waals surface area contributed by atoms with Crippen molar-refractivity contribution >= 4 is 11.6 Å². The van der Waals surface area contributed by atoms with Gasteiger partial charge in [0.2, 0.25) is 5.91 Å². The molecule has 0 radical (unpaired) electrons. The number of nitrogens with zero attached hydrogens (tertiary/aromatic N) is 1. The Kier molecular flexibility index (Phi) is 3.60. The molecule has 3 nitrogen and oxygen atoms in total. The van der Waals surface area contributed by atoms with Crippen molar-refractivity contribution in [3.05, 3.63) is 29.3 Å². The van der Waals surface area contributed by atoms with E-state index in [1.807, 2.05) is 14.1 Å². The lowest BCUT2D eigenvalue weighted by molar-refractivity contribution is -0.122. The summed E-state index contributed by atoms with van der Waals surface area (Å²) < 4.78 is 0. The quantitative estimate of drug-likeness (QED) is 0.884. The topological polar surface area (TPSA) is 32.3 Å². The second kappa shape index (κ2) is 5.01. The van der Waals surface area contributed by atoms with E-state index in [2.05, 4.69) is 42.3 Å². The van der Waals surface area contributed by atoms with Gasteiger partial charge in [0.25, 0.3) is 0 Å². The molecule has 0 aliphatic heterocycles. The summed E-state index contributed by atoms with van der Waals surface area (Å²) in [6.45, 7) is 4.83. The maximum atomic E-state index is 11.8. The second-order valence-electron chi connectivity index (χ2n) is 5.56. The number of amides is 1. The summed E-state index contributed by atoms with van der Waals surface area (Å²) in [5, 5.41) is 3.04. The van der Waals surface area contributed by atoms with Crippen molar-refractivity contribution in [3.8, 4) is 0 Å². The molecule has 1 aliphatic rings. The van der Waals surface area contributed by atoms with Crippen LogP contribution in [0.25, 0.3) is 0 Å². The van der Waals surface area contributed by atoms with E-state index in [0.29, 0.717) is 12.5 Å². The van der Waals surface area contributed by atoms with Crippen LogP contribution in [0.2, 0.25) is 0 Å². The number of anilines is 1. The van der Waals surface area contributed by atoms with E-state index in [1.54, 1.807) is 0 Å². The van der Waals surface area contributed by atoms with Crippen LogP contribution in [0, 0.1) is 18.8 Å². The molecule has 2 unspecified atom stereocenters. The maximum Gasteiger partial charge on any atom is 0.223 e. The monoisotopic (exact) mass is 246 g/mol. The first kappa shape index (κ1) is 12.9. The van der Waals surface area contributed by atoms with Crippen molar-refractivity contribution in [1.29, 1.82) is 0 Å². The molecule has 0 spiro atoms. The van der Waals surface area contributed by atoms with Crippen LogP contribution in [0.1, 0.15) is 24.5 Å². The second-order valence-corrected chi connectivity index (χ2v) is 5.56. The third-order valence-electron chi connectivity index (χ3n) is 3.62. The van der Waals surface area contributed by atoms with Crippen LogP contribution in [-0.4, -0.2) is 20.0 Å². The Morgan fingerprint density at radius 3 is 2.67 bits per heavy atom. The number of hydrogen-bond acceptors (Lipinski definition) is 2. The molecule has 1 amide bonds. The predicted octanol–water partition coefficient (Wildman–Crippen LogP) is 2.33. The SMILES string of the molecule is Cc1ccc(CNC(=O)C2CC2C)c(N(C)C)c1. The highest BCUT2D eigenvalue weighted by Crippen LogP contribution is 2.37. The first-order valence-electron chi connectivity index (χ1n) is 6.53. The zero-order valence-corrected chi connectivity index (χ0v) is 11.7. The highest BCUT2D eigenvalue weighted by atomic mass is 16.2. The minimum Gasteiger partial charge on any atom is -0.377 e. The van der Waals surface area contributed by atoms with Gasteiger partial charge in [-0.3, -0.25) is 4.79 Å². The minimum atomic E-state index is 0.202. The molecule has 3 heteroatoms. The standard InChI is InChI=1S/C15H22N2O/c1-10-5-6-12(14(7-10)17(3)4)9-16-15(18)13-8-11(13)2/h5-7,11,13H,8-9H2,1-4H3,(H,16,18). The maximum absolute atomic E-state index is 11.8. The van der Waals surface area contributed by atoms with Gasteiger partial charge in [-0.1, -0.05) is 19.1 Å². The molecule has 2 atom stereocenters. The molecular weight excluding hydrogens is 224 g/mol. The van der Waals surface area contributed by atoms with E-state index in [9.17, 15) is 4.79 Å². The fourth-order valence-corrected chi connectivity index (χ4v) is 2.24. The Morgan fingerprint density at radius 2 is 2.11 bits per heavy atom. The Bertz CT molecular complexity index is 454. The van der Waals surface area contributed by atoms with Gasteiger partial charge in [0.1, 0.15) is 0 Å². The Morgan fingerprint density at radius 1 is 1.44 bits per heavy atom. The number of hydrogen-bond donors (Lipinski definition) is 1. The normalized spacial score (nSPS) is 21.6. The summed E-state index contributed by atoms with van der Waals surface area (Å²) in [6.07, 6.45) is 1.04. The van der Waals surface area contributed by atoms with Crippen molar-refractivity contribution in [2.75, 3.05) is 19.0 Å². The molecule has 1 fully saturated rings. The molecule has 1 N–H and O–H groups in total. The van der Waals surface area contributed by atoms with Crippen LogP contribution in [0.15, 0.2) is 18.2 Å².